The van der Waals surface area contributed by atoms with E-state index in [9.17, 15) is 14.7 Å². The Morgan fingerprint density at radius 3 is 2.69 bits per heavy atom. The maximum atomic E-state index is 11.9. The molecule has 1 aliphatic heterocycles. The SMILES string of the molecule is CSCCC(=O)N1[C@@H](C)CCC[C@H]1C(=O)[O-]. The van der Waals surface area contributed by atoms with Crippen molar-refractivity contribution in [3.8, 4) is 0 Å². The first-order chi connectivity index (χ1) is 7.57. The van der Waals surface area contributed by atoms with E-state index in [-0.39, 0.29) is 11.9 Å². The van der Waals surface area contributed by atoms with Crippen LogP contribution in [0.25, 0.3) is 0 Å². The second kappa shape index (κ2) is 6.13. The van der Waals surface area contributed by atoms with Gasteiger partial charge in [0, 0.05) is 18.2 Å². The van der Waals surface area contributed by atoms with Crippen LogP contribution in [0.3, 0.4) is 0 Å². The predicted molar refractivity (Wildman–Crippen MR) is 62.0 cm³/mol. The van der Waals surface area contributed by atoms with Crippen LogP contribution >= 0.6 is 11.8 Å². The van der Waals surface area contributed by atoms with E-state index in [0.29, 0.717) is 12.8 Å². The molecule has 1 heterocycles. The minimum absolute atomic E-state index is 0.0195. The zero-order valence-electron chi connectivity index (χ0n) is 9.77. The van der Waals surface area contributed by atoms with Gasteiger partial charge in [-0.1, -0.05) is 0 Å². The van der Waals surface area contributed by atoms with Gasteiger partial charge in [0.15, 0.2) is 0 Å². The molecule has 1 rings (SSSR count). The average molecular weight is 244 g/mol. The highest BCUT2D eigenvalue weighted by atomic mass is 32.2. The lowest BCUT2D eigenvalue weighted by Gasteiger charge is -2.41. The third-order valence-corrected chi connectivity index (χ3v) is 3.60. The van der Waals surface area contributed by atoms with E-state index in [2.05, 4.69) is 0 Å². The molecule has 5 heteroatoms. The fourth-order valence-electron chi connectivity index (χ4n) is 2.16. The lowest BCUT2D eigenvalue weighted by Crippen LogP contribution is -2.56. The topological polar surface area (TPSA) is 60.4 Å². The fourth-order valence-corrected chi connectivity index (χ4v) is 2.54. The summed E-state index contributed by atoms with van der Waals surface area (Å²) in [6.07, 6.45) is 4.61. The molecule has 1 aliphatic rings. The molecule has 1 fully saturated rings. The van der Waals surface area contributed by atoms with Gasteiger partial charge in [0.2, 0.25) is 5.91 Å². The third-order valence-electron chi connectivity index (χ3n) is 2.99. The monoisotopic (exact) mass is 244 g/mol. The van der Waals surface area contributed by atoms with Crippen LogP contribution in [-0.4, -0.2) is 40.9 Å². The molecule has 0 N–H and O–H groups in total. The van der Waals surface area contributed by atoms with Gasteiger partial charge in [0.25, 0.3) is 0 Å². The van der Waals surface area contributed by atoms with Crippen LogP contribution in [-0.2, 0) is 9.59 Å². The van der Waals surface area contributed by atoms with Crippen molar-refractivity contribution >= 4 is 23.6 Å². The molecule has 0 unspecified atom stereocenters. The van der Waals surface area contributed by atoms with Gasteiger partial charge in [-0.15, -0.1) is 0 Å². The van der Waals surface area contributed by atoms with E-state index in [1.165, 1.54) is 4.90 Å². The molecule has 16 heavy (non-hydrogen) atoms. The van der Waals surface area contributed by atoms with Gasteiger partial charge in [-0.05, 0) is 32.4 Å². The molecular formula is C11H18NO3S-. The Morgan fingerprint density at radius 1 is 1.44 bits per heavy atom. The maximum absolute atomic E-state index is 11.9. The molecule has 0 aliphatic carbocycles. The van der Waals surface area contributed by atoms with Crippen LogP contribution in [0.5, 0.6) is 0 Å². The fraction of sp³-hybridized carbons (Fsp3) is 0.818. The van der Waals surface area contributed by atoms with E-state index in [4.69, 9.17) is 0 Å². The number of nitrogens with zero attached hydrogens (tertiary/aromatic N) is 1. The van der Waals surface area contributed by atoms with Crippen molar-refractivity contribution in [2.45, 2.75) is 44.7 Å². The molecule has 1 saturated heterocycles. The van der Waals surface area contributed by atoms with Crippen molar-refractivity contribution < 1.29 is 14.7 Å². The highest BCUT2D eigenvalue weighted by Gasteiger charge is 2.31. The van der Waals surface area contributed by atoms with Gasteiger partial charge in [0.05, 0.1) is 12.0 Å². The smallest absolute Gasteiger partial charge is 0.224 e. The first kappa shape index (κ1) is 13.4. The van der Waals surface area contributed by atoms with Crippen LogP contribution in [0.1, 0.15) is 32.6 Å². The molecule has 0 spiro atoms. The van der Waals surface area contributed by atoms with Crippen molar-refractivity contribution in [3.63, 3.8) is 0 Å². The minimum atomic E-state index is -1.12. The summed E-state index contributed by atoms with van der Waals surface area (Å²) in [7, 11) is 0. The van der Waals surface area contributed by atoms with Crippen LogP contribution in [0.15, 0.2) is 0 Å². The number of rotatable bonds is 4. The van der Waals surface area contributed by atoms with Crippen molar-refractivity contribution in [1.82, 2.24) is 4.90 Å². The van der Waals surface area contributed by atoms with Gasteiger partial charge in [-0.2, -0.15) is 11.8 Å². The third kappa shape index (κ3) is 3.14. The van der Waals surface area contributed by atoms with Gasteiger partial charge < -0.3 is 14.8 Å². The van der Waals surface area contributed by atoms with Crippen LogP contribution in [0.2, 0.25) is 0 Å². The van der Waals surface area contributed by atoms with E-state index >= 15 is 0 Å². The van der Waals surface area contributed by atoms with E-state index in [0.717, 1.165) is 18.6 Å². The number of amides is 1. The molecule has 1 amide bonds. The summed E-state index contributed by atoms with van der Waals surface area (Å²) < 4.78 is 0. The Labute approximate surface area is 100 Å². The molecule has 4 nitrogen and oxygen atoms in total. The molecule has 0 radical (unpaired) electrons. The summed E-state index contributed by atoms with van der Waals surface area (Å²) in [5.74, 6) is -0.443. The molecule has 0 aromatic rings. The Morgan fingerprint density at radius 2 is 2.12 bits per heavy atom. The molecule has 0 aromatic heterocycles. The van der Waals surface area contributed by atoms with Gasteiger partial charge >= 0.3 is 0 Å². The van der Waals surface area contributed by atoms with Crippen LogP contribution < -0.4 is 5.11 Å². The van der Waals surface area contributed by atoms with Crippen LogP contribution in [0, 0.1) is 0 Å². The number of carbonyl (C=O) groups excluding carboxylic acids is 2. The van der Waals surface area contributed by atoms with Crippen molar-refractivity contribution in [2.75, 3.05) is 12.0 Å². The van der Waals surface area contributed by atoms with E-state index < -0.39 is 12.0 Å². The largest absolute Gasteiger partial charge is 0.548 e. The lowest BCUT2D eigenvalue weighted by atomic mass is 9.96. The number of hydrogen-bond donors (Lipinski definition) is 0. The molecule has 92 valence electrons. The predicted octanol–water partition coefficient (Wildman–Crippen LogP) is 0.259. The molecule has 2 atom stereocenters. The van der Waals surface area contributed by atoms with Crippen molar-refractivity contribution in [3.05, 3.63) is 0 Å². The Kier molecular flexibility index (Phi) is 5.12. The number of piperidine rings is 1. The second-order valence-corrected chi connectivity index (χ2v) is 5.14. The Hall–Kier alpha value is -0.710. The molecular weight excluding hydrogens is 226 g/mol. The average Bonchev–Trinajstić information content (AvgIpc) is 2.25. The first-order valence-corrected chi connectivity index (χ1v) is 6.98. The number of carbonyl (C=O) groups is 2. The van der Waals surface area contributed by atoms with Gasteiger partial charge in [0.1, 0.15) is 0 Å². The van der Waals surface area contributed by atoms with Gasteiger partial charge in [-0.25, -0.2) is 0 Å². The highest BCUT2D eigenvalue weighted by molar-refractivity contribution is 7.98. The van der Waals surface area contributed by atoms with E-state index in [1.807, 2.05) is 13.2 Å². The number of thioether (sulfide) groups is 1. The Balaban J connectivity index is 2.69. The Bertz CT molecular complexity index is 270. The highest BCUT2D eigenvalue weighted by Crippen LogP contribution is 2.23. The number of aliphatic carboxylic acids is 1. The summed E-state index contributed by atoms with van der Waals surface area (Å²) in [5.41, 5.74) is 0. The first-order valence-electron chi connectivity index (χ1n) is 5.59. The minimum Gasteiger partial charge on any atom is -0.548 e. The summed E-state index contributed by atoms with van der Waals surface area (Å²) in [6.45, 7) is 1.91. The normalized spacial score (nSPS) is 25.5. The number of carboxylic acids is 1. The zero-order chi connectivity index (χ0) is 12.1. The molecule has 0 aromatic carbocycles. The molecule has 0 saturated carbocycles. The lowest BCUT2D eigenvalue weighted by molar-refractivity contribution is -0.312. The van der Waals surface area contributed by atoms with Crippen molar-refractivity contribution in [1.29, 1.82) is 0 Å². The summed E-state index contributed by atoms with van der Waals surface area (Å²) in [5, 5.41) is 11.0. The quantitative estimate of drug-likeness (QED) is 0.711. The van der Waals surface area contributed by atoms with E-state index in [1.54, 1.807) is 11.8 Å². The summed E-state index contributed by atoms with van der Waals surface area (Å²) >= 11 is 1.59. The zero-order valence-corrected chi connectivity index (χ0v) is 10.6. The summed E-state index contributed by atoms with van der Waals surface area (Å²) in [6, 6.07) is -0.705. The standard InChI is InChI=1S/C11H19NO3S/c1-8-4-3-5-9(11(14)15)12(8)10(13)6-7-16-2/h8-9H,3-7H2,1-2H3,(H,14,15)/p-1/t8-,9-/m0/s1. The van der Waals surface area contributed by atoms with Crippen LogP contribution in [0.4, 0.5) is 0 Å². The number of carboxylic acid groups (broad SMARTS) is 1. The number of hydrogen-bond acceptors (Lipinski definition) is 4. The second-order valence-electron chi connectivity index (χ2n) is 4.16. The van der Waals surface area contributed by atoms with Crippen molar-refractivity contribution in [2.24, 2.45) is 0 Å². The number of likely N-dealkylation sites (tertiary alicyclic amines) is 1. The van der Waals surface area contributed by atoms with Gasteiger partial charge in [-0.3, -0.25) is 4.79 Å². The maximum Gasteiger partial charge on any atom is 0.224 e. The molecule has 0 bridgehead atoms. The summed E-state index contributed by atoms with van der Waals surface area (Å²) in [4.78, 5) is 24.4.